The third kappa shape index (κ3) is 3.64. The molecule has 0 spiro atoms. The van der Waals surface area contributed by atoms with Gasteiger partial charge in [-0.1, -0.05) is 41.6 Å². The van der Waals surface area contributed by atoms with Gasteiger partial charge >= 0.3 is 5.63 Å². The number of nitrogens with one attached hydrogen (secondary N) is 1. The summed E-state index contributed by atoms with van der Waals surface area (Å²) in [6.45, 7) is 0. The van der Waals surface area contributed by atoms with Crippen LogP contribution in [0.4, 0.5) is 0 Å². The molecule has 1 amide bonds. The molecule has 1 N–H and O–H groups in total. The van der Waals surface area contributed by atoms with Crippen LogP contribution in [0.25, 0.3) is 11.0 Å². The van der Waals surface area contributed by atoms with E-state index in [0.717, 1.165) is 30.2 Å². The molecule has 0 radical (unpaired) electrons. The molecule has 1 fully saturated rings. The normalized spacial score (nSPS) is 15.9. The van der Waals surface area contributed by atoms with Crippen LogP contribution in [0.15, 0.2) is 31.9 Å². The second-order valence-electron chi connectivity index (χ2n) is 6.14. The van der Waals surface area contributed by atoms with Gasteiger partial charge in [-0.25, -0.2) is 4.79 Å². The number of ether oxygens (including phenoxy) is 1. The minimum atomic E-state index is -0.644. The van der Waals surface area contributed by atoms with Crippen LogP contribution in [0.3, 0.4) is 0 Å². The lowest BCUT2D eigenvalue weighted by molar-refractivity contribution is 0.0929. The van der Waals surface area contributed by atoms with Crippen molar-refractivity contribution in [3.63, 3.8) is 0 Å². The Labute approximate surface area is 148 Å². The summed E-state index contributed by atoms with van der Waals surface area (Å²) >= 11 is 3.39. The molecule has 1 saturated carbocycles. The summed E-state index contributed by atoms with van der Waals surface area (Å²) in [7, 11) is 1.51. The number of carbonyl (C=O) groups is 1. The van der Waals surface area contributed by atoms with E-state index in [0.29, 0.717) is 16.7 Å². The molecular weight excluding hydrogens is 374 g/mol. The fourth-order valence-corrected chi connectivity index (χ4v) is 3.62. The molecule has 128 valence electrons. The monoisotopic (exact) mass is 393 g/mol. The zero-order valence-electron chi connectivity index (χ0n) is 13.6. The Hall–Kier alpha value is -1.82. The van der Waals surface area contributed by atoms with Crippen molar-refractivity contribution in [3.05, 3.63) is 38.7 Å². The summed E-state index contributed by atoms with van der Waals surface area (Å²) in [6.07, 6.45) is 6.56. The largest absolute Gasteiger partial charge is 0.493 e. The smallest absolute Gasteiger partial charge is 0.349 e. The van der Waals surface area contributed by atoms with Gasteiger partial charge in [-0.3, -0.25) is 4.79 Å². The number of methoxy groups -OCH3 is 1. The molecule has 24 heavy (non-hydrogen) atoms. The van der Waals surface area contributed by atoms with Crippen molar-refractivity contribution in [1.82, 2.24) is 5.32 Å². The molecule has 5 nitrogen and oxygen atoms in total. The molecule has 1 heterocycles. The molecule has 1 aromatic heterocycles. The van der Waals surface area contributed by atoms with Crippen molar-refractivity contribution >= 4 is 32.8 Å². The van der Waals surface area contributed by atoms with Gasteiger partial charge in [0.25, 0.3) is 5.91 Å². The first-order valence-electron chi connectivity index (χ1n) is 8.21. The number of amides is 1. The Balaban J connectivity index is 1.92. The Morgan fingerprint density at radius 1 is 1.21 bits per heavy atom. The average Bonchev–Trinajstić information content (AvgIpc) is 2.82. The van der Waals surface area contributed by atoms with E-state index in [2.05, 4.69) is 21.2 Å². The summed E-state index contributed by atoms with van der Waals surface area (Å²) in [5, 5.41) is 3.63. The van der Waals surface area contributed by atoms with Crippen LogP contribution in [0.2, 0.25) is 0 Å². The molecule has 0 atom stereocenters. The fourth-order valence-electron chi connectivity index (χ4n) is 3.16. The Morgan fingerprint density at radius 2 is 1.92 bits per heavy atom. The number of rotatable bonds is 3. The van der Waals surface area contributed by atoms with Gasteiger partial charge in [0.1, 0.15) is 5.56 Å². The number of halogens is 1. The van der Waals surface area contributed by atoms with Gasteiger partial charge in [0.05, 0.1) is 7.11 Å². The maximum atomic E-state index is 12.5. The highest BCUT2D eigenvalue weighted by Crippen LogP contribution is 2.29. The predicted molar refractivity (Wildman–Crippen MR) is 95.7 cm³/mol. The van der Waals surface area contributed by atoms with Gasteiger partial charge < -0.3 is 14.5 Å². The van der Waals surface area contributed by atoms with Crippen LogP contribution >= 0.6 is 15.9 Å². The van der Waals surface area contributed by atoms with E-state index in [1.165, 1.54) is 20.0 Å². The van der Waals surface area contributed by atoms with Crippen LogP contribution < -0.4 is 15.7 Å². The van der Waals surface area contributed by atoms with E-state index in [-0.39, 0.29) is 17.5 Å². The molecule has 1 aliphatic rings. The van der Waals surface area contributed by atoms with Crippen molar-refractivity contribution in [2.45, 2.75) is 44.6 Å². The Kier molecular flexibility index (Phi) is 5.23. The highest BCUT2D eigenvalue weighted by Gasteiger charge is 2.20. The number of benzene rings is 1. The van der Waals surface area contributed by atoms with E-state index in [4.69, 9.17) is 9.15 Å². The quantitative estimate of drug-likeness (QED) is 0.631. The number of carbonyl (C=O) groups excluding carboxylic acids is 1. The van der Waals surface area contributed by atoms with Crippen LogP contribution in [-0.4, -0.2) is 19.1 Å². The van der Waals surface area contributed by atoms with Gasteiger partial charge in [0, 0.05) is 15.9 Å². The van der Waals surface area contributed by atoms with Crippen molar-refractivity contribution in [2.75, 3.05) is 7.11 Å². The van der Waals surface area contributed by atoms with Gasteiger partial charge in [0.15, 0.2) is 11.3 Å². The SMILES string of the molecule is COc1cc(Br)cc2cc(C(=O)NC3CCCCCC3)c(=O)oc12. The summed E-state index contributed by atoms with van der Waals surface area (Å²) in [6, 6.07) is 5.22. The van der Waals surface area contributed by atoms with Crippen molar-refractivity contribution in [1.29, 1.82) is 0 Å². The van der Waals surface area contributed by atoms with Crippen LogP contribution in [0.5, 0.6) is 5.75 Å². The van der Waals surface area contributed by atoms with E-state index < -0.39 is 5.63 Å². The zero-order chi connectivity index (χ0) is 17.1. The molecule has 1 aliphatic carbocycles. The molecule has 2 aromatic rings. The first kappa shape index (κ1) is 17.0. The Bertz CT molecular complexity index is 807. The molecule has 3 rings (SSSR count). The van der Waals surface area contributed by atoms with E-state index in [1.807, 2.05) is 0 Å². The maximum absolute atomic E-state index is 12.5. The van der Waals surface area contributed by atoms with E-state index in [9.17, 15) is 9.59 Å². The third-order valence-corrected chi connectivity index (χ3v) is 4.88. The average molecular weight is 394 g/mol. The topological polar surface area (TPSA) is 68.5 Å². The van der Waals surface area contributed by atoms with Crippen LogP contribution in [-0.2, 0) is 0 Å². The minimum absolute atomic E-state index is 0.0342. The van der Waals surface area contributed by atoms with Crippen LogP contribution in [0, 0.1) is 0 Å². The third-order valence-electron chi connectivity index (χ3n) is 4.42. The lowest BCUT2D eigenvalue weighted by Gasteiger charge is -2.16. The fraction of sp³-hybridized carbons (Fsp3) is 0.444. The summed E-state index contributed by atoms with van der Waals surface area (Å²) < 4.78 is 11.4. The highest BCUT2D eigenvalue weighted by molar-refractivity contribution is 9.10. The highest BCUT2D eigenvalue weighted by atomic mass is 79.9. The van der Waals surface area contributed by atoms with E-state index >= 15 is 0 Å². The summed E-state index contributed by atoms with van der Waals surface area (Å²) in [4.78, 5) is 24.8. The second kappa shape index (κ2) is 7.38. The molecule has 0 saturated heterocycles. The molecule has 6 heteroatoms. The molecule has 0 unspecified atom stereocenters. The molecule has 0 bridgehead atoms. The Morgan fingerprint density at radius 3 is 2.58 bits per heavy atom. The van der Waals surface area contributed by atoms with Gasteiger partial charge in [-0.2, -0.15) is 0 Å². The summed E-state index contributed by atoms with van der Waals surface area (Å²) in [5.74, 6) is 0.0868. The molecular formula is C18H20BrNO4. The van der Waals surface area contributed by atoms with Crippen molar-refractivity contribution < 1.29 is 13.9 Å². The van der Waals surface area contributed by atoms with Gasteiger partial charge in [-0.05, 0) is 31.0 Å². The van der Waals surface area contributed by atoms with Gasteiger partial charge in [-0.15, -0.1) is 0 Å². The minimum Gasteiger partial charge on any atom is -0.493 e. The standard InChI is InChI=1S/C18H20BrNO4/c1-23-15-10-12(19)8-11-9-14(18(22)24-16(11)15)17(21)20-13-6-4-2-3-5-7-13/h8-10,13H,2-7H2,1H3,(H,20,21). The number of fused-ring (bicyclic) bond motifs is 1. The zero-order valence-corrected chi connectivity index (χ0v) is 15.1. The predicted octanol–water partition coefficient (Wildman–Crippen LogP) is 4.02. The molecule has 1 aromatic carbocycles. The van der Waals surface area contributed by atoms with Crippen LogP contribution in [0.1, 0.15) is 48.9 Å². The lowest BCUT2D eigenvalue weighted by Crippen LogP contribution is -2.36. The van der Waals surface area contributed by atoms with E-state index in [1.54, 1.807) is 18.2 Å². The number of hydrogen-bond acceptors (Lipinski definition) is 4. The summed E-state index contributed by atoms with van der Waals surface area (Å²) in [5.41, 5.74) is -0.266. The molecule has 0 aliphatic heterocycles. The van der Waals surface area contributed by atoms with Crippen molar-refractivity contribution in [3.8, 4) is 5.75 Å². The number of hydrogen-bond donors (Lipinski definition) is 1. The first-order valence-corrected chi connectivity index (χ1v) is 9.00. The first-order chi connectivity index (χ1) is 11.6. The van der Waals surface area contributed by atoms with Gasteiger partial charge in [0.2, 0.25) is 0 Å². The maximum Gasteiger partial charge on any atom is 0.349 e. The second-order valence-corrected chi connectivity index (χ2v) is 7.05. The van der Waals surface area contributed by atoms with Crippen molar-refractivity contribution in [2.24, 2.45) is 0 Å². The lowest BCUT2D eigenvalue weighted by atomic mass is 10.1.